The number of aromatic nitrogens is 1. The Hall–Kier alpha value is -3.06. The second-order valence-corrected chi connectivity index (χ2v) is 7.26. The van der Waals surface area contributed by atoms with Crippen LogP contribution in [0.15, 0.2) is 78.0 Å². The molecule has 3 rings (SSSR count). The fourth-order valence-corrected chi connectivity index (χ4v) is 3.39. The summed E-state index contributed by atoms with van der Waals surface area (Å²) in [5, 5.41) is 3.26. The number of hydrogen-bond acceptors (Lipinski definition) is 5. The van der Waals surface area contributed by atoms with Crippen LogP contribution in [0.25, 0.3) is 0 Å². The molecule has 0 fully saturated rings. The lowest BCUT2D eigenvalue weighted by molar-refractivity contribution is 0.414. The van der Waals surface area contributed by atoms with Crippen LogP contribution in [0.4, 0.5) is 11.4 Å². The predicted octanol–water partition coefficient (Wildman–Crippen LogP) is 3.50. The van der Waals surface area contributed by atoms with Crippen molar-refractivity contribution in [3.05, 3.63) is 78.6 Å². The van der Waals surface area contributed by atoms with E-state index >= 15 is 0 Å². The van der Waals surface area contributed by atoms with Crippen molar-refractivity contribution in [2.45, 2.75) is 11.4 Å². The van der Waals surface area contributed by atoms with Gasteiger partial charge in [-0.15, -0.1) is 0 Å². The summed E-state index contributed by atoms with van der Waals surface area (Å²) in [7, 11) is -2.11. The average molecular weight is 369 g/mol. The lowest BCUT2D eigenvalue weighted by Gasteiger charge is -2.10. The minimum absolute atomic E-state index is 0.178. The van der Waals surface area contributed by atoms with Crippen molar-refractivity contribution in [2.24, 2.45) is 0 Å². The highest BCUT2D eigenvalue weighted by molar-refractivity contribution is 7.92. The molecule has 0 aliphatic heterocycles. The molecule has 0 unspecified atom stereocenters. The molecule has 0 atom stereocenters. The standard InChI is InChI=1S/C19H19N3O3S/c1-25-18-8-10-19(11-9-18)26(23,24)22-17-6-4-16(5-7-17)21-14-15-3-2-12-20-13-15/h2-13,21-22H,14H2,1H3. The molecule has 0 saturated carbocycles. The van der Waals surface area contributed by atoms with Crippen LogP contribution in [0.3, 0.4) is 0 Å². The van der Waals surface area contributed by atoms with E-state index in [2.05, 4.69) is 15.0 Å². The summed E-state index contributed by atoms with van der Waals surface area (Å²) in [6.45, 7) is 0.644. The fraction of sp³-hybridized carbons (Fsp3) is 0.105. The van der Waals surface area contributed by atoms with Gasteiger partial charge in [-0.1, -0.05) is 6.07 Å². The number of hydrogen-bond donors (Lipinski definition) is 2. The van der Waals surface area contributed by atoms with E-state index in [9.17, 15) is 8.42 Å². The van der Waals surface area contributed by atoms with Gasteiger partial charge in [0.05, 0.1) is 12.0 Å². The van der Waals surface area contributed by atoms with Crippen molar-refractivity contribution < 1.29 is 13.2 Å². The SMILES string of the molecule is COc1ccc(S(=O)(=O)Nc2ccc(NCc3cccnc3)cc2)cc1. The van der Waals surface area contributed by atoms with Crippen LogP contribution in [0.1, 0.15) is 5.56 Å². The van der Waals surface area contributed by atoms with E-state index in [0.717, 1.165) is 11.3 Å². The van der Waals surface area contributed by atoms with Gasteiger partial charge in [0.15, 0.2) is 0 Å². The number of rotatable bonds is 7. The summed E-state index contributed by atoms with van der Waals surface area (Å²) in [5.74, 6) is 0.605. The Morgan fingerprint density at radius 1 is 0.962 bits per heavy atom. The Balaban J connectivity index is 1.64. The molecule has 6 nitrogen and oxygen atoms in total. The summed E-state index contributed by atoms with van der Waals surface area (Å²) in [6.07, 6.45) is 3.53. The van der Waals surface area contributed by atoms with Crippen LogP contribution in [0, 0.1) is 0 Å². The van der Waals surface area contributed by atoms with E-state index < -0.39 is 10.0 Å². The molecule has 2 N–H and O–H groups in total. The van der Waals surface area contributed by atoms with Crippen LogP contribution in [0.5, 0.6) is 5.75 Å². The van der Waals surface area contributed by atoms with Gasteiger partial charge in [-0.05, 0) is 60.2 Å². The highest BCUT2D eigenvalue weighted by Gasteiger charge is 2.14. The summed E-state index contributed by atoms with van der Waals surface area (Å²) >= 11 is 0. The molecular formula is C19H19N3O3S. The number of anilines is 2. The first-order valence-electron chi connectivity index (χ1n) is 7.96. The number of methoxy groups -OCH3 is 1. The maximum absolute atomic E-state index is 12.4. The molecule has 0 saturated heterocycles. The van der Waals surface area contributed by atoms with E-state index in [1.165, 1.54) is 19.2 Å². The van der Waals surface area contributed by atoms with E-state index in [0.29, 0.717) is 18.0 Å². The Morgan fingerprint density at radius 3 is 2.27 bits per heavy atom. The van der Waals surface area contributed by atoms with Gasteiger partial charge in [0.25, 0.3) is 10.0 Å². The Kier molecular flexibility index (Phi) is 5.38. The highest BCUT2D eigenvalue weighted by Crippen LogP contribution is 2.20. The predicted molar refractivity (Wildman–Crippen MR) is 102 cm³/mol. The van der Waals surface area contributed by atoms with Crippen LogP contribution < -0.4 is 14.8 Å². The summed E-state index contributed by atoms with van der Waals surface area (Å²) in [5.41, 5.74) is 2.45. The Bertz CT molecular complexity index is 942. The first-order chi connectivity index (χ1) is 12.6. The molecular weight excluding hydrogens is 350 g/mol. The van der Waals surface area contributed by atoms with Gasteiger partial charge in [0.1, 0.15) is 5.75 Å². The van der Waals surface area contributed by atoms with Gasteiger partial charge in [-0.2, -0.15) is 0 Å². The van der Waals surface area contributed by atoms with Gasteiger partial charge in [-0.25, -0.2) is 8.42 Å². The molecule has 0 spiro atoms. The second kappa shape index (κ2) is 7.88. The van der Waals surface area contributed by atoms with Gasteiger partial charge < -0.3 is 10.1 Å². The van der Waals surface area contributed by atoms with Crippen LogP contribution in [0.2, 0.25) is 0 Å². The Morgan fingerprint density at radius 2 is 1.65 bits per heavy atom. The molecule has 0 radical (unpaired) electrons. The van der Waals surface area contributed by atoms with Crippen molar-refractivity contribution in [3.63, 3.8) is 0 Å². The van der Waals surface area contributed by atoms with Gasteiger partial charge in [-0.3, -0.25) is 9.71 Å². The van der Waals surface area contributed by atoms with E-state index in [1.54, 1.807) is 36.7 Å². The number of ether oxygens (including phenoxy) is 1. The minimum atomic E-state index is -3.64. The highest BCUT2D eigenvalue weighted by atomic mass is 32.2. The molecule has 0 aliphatic carbocycles. The van der Waals surface area contributed by atoms with Crippen molar-refractivity contribution in [1.82, 2.24) is 4.98 Å². The third kappa shape index (κ3) is 4.52. The number of nitrogens with zero attached hydrogens (tertiary/aromatic N) is 1. The quantitative estimate of drug-likeness (QED) is 0.666. The van der Waals surface area contributed by atoms with Gasteiger partial charge in [0.2, 0.25) is 0 Å². The van der Waals surface area contributed by atoms with Crippen LogP contribution >= 0.6 is 0 Å². The second-order valence-electron chi connectivity index (χ2n) is 5.57. The van der Waals surface area contributed by atoms with E-state index in [1.807, 2.05) is 24.3 Å². The van der Waals surface area contributed by atoms with E-state index in [-0.39, 0.29) is 4.90 Å². The zero-order chi connectivity index (χ0) is 18.4. The minimum Gasteiger partial charge on any atom is -0.497 e. The molecule has 7 heteroatoms. The number of sulfonamides is 1. The maximum atomic E-state index is 12.4. The monoisotopic (exact) mass is 369 g/mol. The van der Waals surface area contributed by atoms with Gasteiger partial charge >= 0.3 is 0 Å². The molecule has 0 aliphatic rings. The lowest BCUT2D eigenvalue weighted by atomic mass is 10.2. The van der Waals surface area contributed by atoms with Crippen molar-refractivity contribution in [3.8, 4) is 5.75 Å². The average Bonchev–Trinajstić information content (AvgIpc) is 2.68. The topological polar surface area (TPSA) is 80.3 Å². The van der Waals surface area contributed by atoms with Crippen molar-refractivity contribution in [2.75, 3.05) is 17.1 Å². The number of benzene rings is 2. The molecule has 134 valence electrons. The smallest absolute Gasteiger partial charge is 0.261 e. The lowest BCUT2D eigenvalue weighted by Crippen LogP contribution is -2.12. The molecule has 26 heavy (non-hydrogen) atoms. The van der Waals surface area contributed by atoms with Crippen LogP contribution in [-0.4, -0.2) is 20.5 Å². The zero-order valence-electron chi connectivity index (χ0n) is 14.2. The molecule has 0 bridgehead atoms. The number of pyridine rings is 1. The van der Waals surface area contributed by atoms with Crippen LogP contribution in [-0.2, 0) is 16.6 Å². The number of nitrogens with one attached hydrogen (secondary N) is 2. The summed E-state index contributed by atoms with van der Waals surface area (Å²) in [6, 6.07) is 17.2. The van der Waals surface area contributed by atoms with E-state index in [4.69, 9.17) is 4.74 Å². The molecule has 0 amide bonds. The molecule has 3 aromatic rings. The summed E-state index contributed by atoms with van der Waals surface area (Å²) < 4.78 is 32.5. The first kappa shape index (κ1) is 17.8. The molecule has 2 aromatic carbocycles. The molecule has 1 heterocycles. The largest absolute Gasteiger partial charge is 0.497 e. The third-order valence-electron chi connectivity index (χ3n) is 3.73. The molecule has 1 aromatic heterocycles. The zero-order valence-corrected chi connectivity index (χ0v) is 15.0. The third-order valence-corrected chi connectivity index (χ3v) is 5.12. The first-order valence-corrected chi connectivity index (χ1v) is 9.45. The Labute approximate surface area is 152 Å². The van der Waals surface area contributed by atoms with Crippen molar-refractivity contribution >= 4 is 21.4 Å². The van der Waals surface area contributed by atoms with Crippen molar-refractivity contribution in [1.29, 1.82) is 0 Å². The maximum Gasteiger partial charge on any atom is 0.261 e. The fourth-order valence-electron chi connectivity index (χ4n) is 2.33. The summed E-state index contributed by atoms with van der Waals surface area (Å²) in [4.78, 5) is 4.24. The normalized spacial score (nSPS) is 11.0. The van der Waals surface area contributed by atoms with Gasteiger partial charge in [0, 0.05) is 30.3 Å².